The van der Waals surface area contributed by atoms with Gasteiger partial charge in [-0.25, -0.2) is 9.07 Å². The molecule has 3 aromatic rings. The number of amides is 1. The van der Waals surface area contributed by atoms with E-state index in [0.717, 1.165) is 22.5 Å². The number of carbonyl (C=O) groups is 1. The number of hydrogen-bond acceptors (Lipinski definition) is 2. The Morgan fingerprint density at radius 2 is 1.92 bits per heavy atom. The number of halogens is 2. The lowest BCUT2D eigenvalue weighted by Crippen LogP contribution is -2.03. The number of aryl methyl sites for hydroxylation is 1. The third kappa shape index (κ3) is 2.91. The predicted molar refractivity (Wildman–Crippen MR) is 100 cm³/mol. The van der Waals surface area contributed by atoms with Gasteiger partial charge in [-0.3, -0.25) is 4.79 Å². The highest BCUT2D eigenvalue weighted by atomic mass is 35.5. The number of nitrogens with zero attached hydrogens (tertiary/aromatic N) is 2. The van der Waals surface area contributed by atoms with E-state index in [-0.39, 0.29) is 11.7 Å². The first-order chi connectivity index (χ1) is 12.5. The van der Waals surface area contributed by atoms with Crippen LogP contribution in [0.5, 0.6) is 0 Å². The molecule has 0 saturated heterocycles. The molecule has 0 aliphatic carbocycles. The first-order valence-corrected chi connectivity index (χ1v) is 8.50. The number of benzene rings is 2. The van der Waals surface area contributed by atoms with Crippen LogP contribution in [0.15, 0.2) is 48.5 Å². The average molecular weight is 368 g/mol. The number of hydrogen-bond donors (Lipinski definition) is 1. The lowest BCUT2D eigenvalue weighted by molar-refractivity contribution is -0.110. The summed E-state index contributed by atoms with van der Waals surface area (Å²) in [6.07, 6.45) is 1.77. The molecule has 0 fully saturated rings. The summed E-state index contributed by atoms with van der Waals surface area (Å²) in [7, 11) is 0. The molecule has 0 bridgehead atoms. The Morgan fingerprint density at radius 3 is 2.69 bits per heavy atom. The van der Waals surface area contributed by atoms with Crippen molar-refractivity contribution >= 4 is 34.8 Å². The monoisotopic (exact) mass is 367 g/mol. The Hall–Kier alpha value is -2.92. The molecule has 0 atom stereocenters. The van der Waals surface area contributed by atoms with Gasteiger partial charge in [0, 0.05) is 22.4 Å². The van der Waals surface area contributed by atoms with Gasteiger partial charge in [0.1, 0.15) is 11.0 Å². The van der Waals surface area contributed by atoms with Crippen LogP contribution >= 0.6 is 11.6 Å². The van der Waals surface area contributed by atoms with Crippen LogP contribution in [0.3, 0.4) is 0 Å². The molecule has 2 heterocycles. The number of para-hydroxylation sites is 1. The fourth-order valence-electron chi connectivity index (χ4n) is 3.03. The largest absolute Gasteiger partial charge is 0.321 e. The van der Waals surface area contributed by atoms with Gasteiger partial charge in [-0.15, -0.1) is 0 Å². The van der Waals surface area contributed by atoms with E-state index < -0.39 is 0 Å². The summed E-state index contributed by atoms with van der Waals surface area (Å²) in [6, 6.07) is 13.7. The summed E-state index contributed by atoms with van der Waals surface area (Å²) < 4.78 is 14.7. The van der Waals surface area contributed by atoms with Gasteiger partial charge in [0.25, 0.3) is 5.91 Å². The number of nitrogens with one attached hydrogen (secondary N) is 1. The number of fused-ring (bicyclic) bond motifs is 1. The van der Waals surface area contributed by atoms with E-state index in [0.29, 0.717) is 22.8 Å². The smallest absolute Gasteiger partial charge is 0.256 e. The third-order valence-corrected chi connectivity index (χ3v) is 4.75. The minimum atomic E-state index is -0.284. The summed E-state index contributed by atoms with van der Waals surface area (Å²) in [4.78, 5) is 12.3. The molecule has 0 spiro atoms. The van der Waals surface area contributed by atoms with Crippen molar-refractivity contribution in [2.24, 2.45) is 0 Å². The van der Waals surface area contributed by atoms with Crippen LogP contribution < -0.4 is 5.32 Å². The Balaban J connectivity index is 1.71. The molecule has 1 N–H and O–H groups in total. The Morgan fingerprint density at radius 1 is 1.19 bits per heavy atom. The quantitative estimate of drug-likeness (QED) is 0.691. The van der Waals surface area contributed by atoms with E-state index >= 15 is 0 Å². The van der Waals surface area contributed by atoms with Crippen molar-refractivity contribution in [3.05, 3.63) is 81.9 Å². The van der Waals surface area contributed by atoms with E-state index in [9.17, 15) is 9.18 Å². The van der Waals surface area contributed by atoms with Crippen LogP contribution in [0.1, 0.15) is 22.4 Å². The van der Waals surface area contributed by atoms with E-state index in [2.05, 4.69) is 10.4 Å². The molecule has 1 aromatic heterocycles. The number of carbonyl (C=O) groups excluding carboxylic acids is 1. The molecule has 26 heavy (non-hydrogen) atoms. The van der Waals surface area contributed by atoms with Crippen molar-refractivity contribution in [1.29, 1.82) is 0 Å². The summed E-state index contributed by atoms with van der Waals surface area (Å²) in [6.45, 7) is 2.27. The van der Waals surface area contributed by atoms with E-state index in [1.54, 1.807) is 22.9 Å². The van der Waals surface area contributed by atoms with Gasteiger partial charge < -0.3 is 5.32 Å². The number of rotatable bonds is 3. The van der Waals surface area contributed by atoms with E-state index in [1.165, 1.54) is 12.1 Å². The molecule has 0 radical (unpaired) electrons. The van der Waals surface area contributed by atoms with Crippen LogP contribution in [0.25, 0.3) is 11.6 Å². The molecule has 2 aromatic carbocycles. The molecule has 4 nitrogen and oxygen atoms in total. The van der Waals surface area contributed by atoms with Crippen LogP contribution in [0.2, 0.25) is 5.15 Å². The fourth-order valence-corrected chi connectivity index (χ4v) is 3.31. The predicted octanol–water partition coefficient (Wildman–Crippen LogP) is 4.53. The fraction of sp³-hybridized carbons (Fsp3) is 0.100. The average Bonchev–Trinajstić information content (AvgIpc) is 3.08. The molecule has 6 heteroatoms. The van der Waals surface area contributed by atoms with Crippen molar-refractivity contribution in [1.82, 2.24) is 9.78 Å². The van der Waals surface area contributed by atoms with Crippen molar-refractivity contribution in [3.8, 4) is 0 Å². The lowest BCUT2D eigenvalue weighted by Gasteiger charge is -2.04. The molecule has 0 saturated carbocycles. The third-order valence-electron chi connectivity index (χ3n) is 4.35. The maximum Gasteiger partial charge on any atom is 0.256 e. The first-order valence-electron chi connectivity index (χ1n) is 8.13. The minimum absolute atomic E-state index is 0.159. The van der Waals surface area contributed by atoms with Crippen molar-refractivity contribution in [2.75, 3.05) is 5.32 Å². The first kappa shape index (κ1) is 16.5. The van der Waals surface area contributed by atoms with E-state index in [4.69, 9.17) is 11.6 Å². The molecular weight excluding hydrogens is 353 g/mol. The van der Waals surface area contributed by atoms with Crippen molar-refractivity contribution in [3.63, 3.8) is 0 Å². The number of aromatic nitrogens is 2. The second-order valence-corrected chi connectivity index (χ2v) is 6.49. The normalized spacial score (nSPS) is 14.6. The van der Waals surface area contributed by atoms with Gasteiger partial charge in [-0.2, -0.15) is 5.10 Å². The second kappa shape index (κ2) is 6.42. The molecule has 1 aliphatic rings. The Labute approximate surface area is 154 Å². The molecule has 1 amide bonds. The zero-order valence-corrected chi connectivity index (χ0v) is 14.7. The Kier molecular flexibility index (Phi) is 4.09. The van der Waals surface area contributed by atoms with Gasteiger partial charge in [0.05, 0.1) is 12.2 Å². The van der Waals surface area contributed by atoms with Gasteiger partial charge in [0.2, 0.25) is 0 Å². The minimum Gasteiger partial charge on any atom is -0.321 e. The Bertz CT molecular complexity index is 1040. The van der Waals surface area contributed by atoms with Gasteiger partial charge in [-0.05, 0) is 36.8 Å². The summed E-state index contributed by atoms with van der Waals surface area (Å²) in [5.74, 6) is -0.444. The zero-order valence-electron chi connectivity index (χ0n) is 14.0. The molecule has 130 valence electrons. The molecule has 0 unspecified atom stereocenters. The molecule has 4 rings (SSSR count). The number of anilines is 1. The maximum absolute atomic E-state index is 13.1. The van der Waals surface area contributed by atoms with Crippen LogP contribution in [0, 0.1) is 12.7 Å². The standard InChI is InChI=1S/C20H15ClFN3O/c1-12-16(10-17-15-4-2-3-5-18(15)23-20(17)26)19(21)25(24-12)11-13-6-8-14(22)9-7-13/h2-10H,11H2,1H3,(H,23,26)/b17-10-. The highest BCUT2D eigenvalue weighted by molar-refractivity contribution is 6.36. The topological polar surface area (TPSA) is 46.9 Å². The lowest BCUT2D eigenvalue weighted by atomic mass is 10.0. The van der Waals surface area contributed by atoms with Gasteiger partial charge in [-0.1, -0.05) is 41.9 Å². The van der Waals surface area contributed by atoms with Crippen molar-refractivity contribution in [2.45, 2.75) is 13.5 Å². The highest BCUT2D eigenvalue weighted by Crippen LogP contribution is 2.34. The maximum atomic E-state index is 13.1. The molecule has 1 aliphatic heterocycles. The van der Waals surface area contributed by atoms with Crippen LogP contribution in [-0.2, 0) is 11.3 Å². The second-order valence-electron chi connectivity index (χ2n) is 6.13. The van der Waals surface area contributed by atoms with Crippen LogP contribution in [0.4, 0.5) is 10.1 Å². The highest BCUT2D eigenvalue weighted by Gasteiger charge is 2.24. The SMILES string of the molecule is Cc1nn(Cc2ccc(F)cc2)c(Cl)c1/C=C1\C(=O)Nc2ccccc21. The summed E-state index contributed by atoms with van der Waals surface area (Å²) >= 11 is 6.51. The zero-order chi connectivity index (χ0) is 18.3. The van der Waals surface area contributed by atoms with Gasteiger partial charge in [0.15, 0.2) is 0 Å². The van der Waals surface area contributed by atoms with E-state index in [1.807, 2.05) is 31.2 Å². The van der Waals surface area contributed by atoms with Crippen molar-refractivity contribution < 1.29 is 9.18 Å². The van der Waals surface area contributed by atoms with Gasteiger partial charge >= 0.3 is 0 Å². The summed E-state index contributed by atoms with van der Waals surface area (Å²) in [5, 5.41) is 7.75. The molecular formula is C20H15ClFN3O. The summed E-state index contributed by atoms with van der Waals surface area (Å²) in [5.41, 5.74) is 4.51. The van der Waals surface area contributed by atoms with Crippen LogP contribution in [-0.4, -0.2) is 15.7 Å².